The van der Waals surface area contributed by atoms with E-state index in [9.17, 15) is 14.7 Å². The first kappa shape index (κ1) is 17.1. The Morgan fingerprint density at radius 1 is 1.35 bits per heavy atom. The minimum atomic E-state index is -0.907. The van der Waals surface area contributed by atoms with Gasteiger partial charge < -0.3 is 10.0 Å². The Balaban J connectivity index is 2.96. The van der Waals surface area contributed by atoms with E-state index in [-0.39, 0.29) is 17.4 Å². The second kappa shape index (κ2) is 7.20. The molecule has 0 bridgehead atoms. The molecule has 1 aliphatic rings. The van der Waals surface area contributed by atoms with E-state index in [4.69, 9.17) is 0 Å². The predicted molar refractivity (Wildman–Crippen MR) is 81.9 cm³/mol. The maximum Gasteiger partial charge on any atom is 0.327 e. The van der Waals surface area contributed by atoms with Crippen LogP contribution in [0, 0.1) is 5.92 Å². The van der Waals surface area contributed by atoms with Gasteiger partial charge >= 0.3 is 12.0 Å². The van der Waals surface area contributed by atoms with Crippen molar-refractivity contribution in [1.29, 1.82) is 0 Å². The largest absolute Gasteiger partial charge is 0.480 e. The maximum atomic E-state index is 12.8. The number of carboxylic acids is 1. The zero-order valence-corrected chi connectivity index (χ0v) is 13.8. The van der Waals surface area contributed by atoms with E-state index in [2.05, 4.69) is 13.8 Å². The number of aliphatic carboxylic acids is 1. The van der Waals surface area contributed by atoms with Crippen LogP contribution in [0.5, 0.6) is 0 Å². The van der Waals surface area contributed by atoms with Crippen molar-refractivity contribution in [3.63, 3.8) is 0 Å². The predicted octanol–water partition coefficient (Wildman–Crippen LogP) is 2.71. The molecule has 0 aliphatic carbocycles. The van der Waals surface area contributed by atoms with Crippen LogP contribution in [0.4, 0.5) is 4.79 Å². The van der Waals surface area contributed by atoms with Gasteiger partial charge in [-0.1, -0.05) is 20.8 Å². The topological polar surface area (TPSA) is 60.9 Å². The number of hydrogen-bond donors (Lipinski definition) is 1. The molecule has 0 aromatic rings. The number of urea groups is 1. The first-order chi connectivity index (χ1) is 9.29. The lowest BCUT2D eigenvalue weighted by Crippen LogP contribution is -2.54. The van der Waals surface area contributed by atoms with Crippen LogP contribution in [-0.2, 0) is 4.79 Å². The van der Waals surface area contributed by atoms with Gasteiger partial charge in [-0.05, 0) is 26.2 Å². The molecule has 1 fully saturated rings. The average molecular weight is 302 g/mol. The zero-order chi connectivity index (χ0) is 15.4. The highest BCUT2D eigenvalue weighted by molar-refractivity contribution is 8.00. The molecule has 1 saturated heterocycles. The van der Waals surface area contributed by atoms with E-state index in [1.807, 2.05) is 20.8 Å². The minimum Gasteiger partial charge on any atom is -0.480 e. The van der Waals surface area contributed by atoms with Gasteiger partial charge in [0.05, 0.1) is 5.37 Å². The molecule has 0 aromatic heterocycles. The Labute approximate surface area is 125 Å². The van der Waals surface area contributed by atoms with Gasteiger partial charge in [0, 0.05) is 18.3 Å². The average Bonchev–Trinajstić information content (AvgIpc) is 2.78. The molecule has 1 aliphatic heterocycles. The number of thioether (sulfide) groups is 1. The van der Waals surface area contributed by atoms with Crippen LogP contribution in [0.25, 0.3) is 0 Å². The molecule has 2 amide bonds. The first-order valence-electron chi connectivity index (χ1n) is 7.22. The van der Waals surface area contributed by atoms with Crippen molar-refractivity contribution >= 4 is 23.8 Å². The first-order valence-corrected chi connectivity index (χ1v) is 8.27. The van der Waals surface area contributed by atoms with Crippen molar-refractivity contribution in [3.8, 4) is 0 Å². The highest BCUT2D eigenvalue weighted by atomic mass is 32.2. The fourth-order valence-electron chi connectivity index (χ4n) is 2.38. The highest BCUT2D eigenvalue weighted by Gasteiger charge is 2.42. The molecule has 5 nitrogen and oxygen atoms in total. The highest BCUT2D eigenvalue weighted by Crippen LogP contribution is 2.32. The van der Waals surface area contributed by atoms with Gasteiger partial charge in [0.1, 0.15) is 6.04 Å². The lowest BCUT2D eigenvalue weighted by atomic mass is 10.2. The van der Waals surface area contributed by atoms with Crippen LogP contribution in [0.3, 0.4) is 0 Å². The van der Waals surface area contributed by atoms with Crippen LogP contribution >= 0.6 is 11.8 Å². The molecule has 2 unspecified atom stereocenters. The summed E-state index contributed by atoms with van der Waals surface area (Å²) in [5.74, 6) is -0.0669. The van der Waals surface area contributed by atoms with Crippen LogP contribution in [0.15, 0.2) is 0 Å². The fourth-order valence-corrected chi connectivity index (χ4v) is 3.72. The monoisotopic (exact) mass is 302 g/mol. The molecule has 6 heteroatoms. The third-order valence-corrected chi connectivity index (χ3v) is 4.83. The summed E-state index contributed by atoms with van der Waals surface area (Å²) < 4.78 is 0. The summed E-state index contributed by atoms with van der Waals surface area (Å²) in [6.07, 6.45) is 0.772. The lowest BCUT2D eigenvalue weighted by molar-refractivity contribution is -0.141. The SMILES string of the molecule is CCC1SCC(C(=O)O)N1C(=O)N(CC(C)C)C(C)C. The summed E-state index contributed by atoms with van der Waals surface area (Å²) in [5, 5.41) is 9.29. The molecular weight excluding hydrogens is 276 g/mol. The Morgan fingerprint density at radius 3 is 2.35 bits per heavy atom. The molecular formula is C14H26N2O3S. The van der Waals surface area contributed by atoms with Crippen molar-refractivity contribution < 1.29 is 14.7 Å². The van der Waals surface area contributed by atoms with Gasteiger partial charge in [0.25, 0.3) is 0 Å². The van der Waals surface area contributed by atoms with Crippen LogP contribution < -0.4 is 0 Å². The summed E-state index contributed by atoms with van der Waals surface area (Å²) in [5.41, 5.74) is 0. The molecule has 0 aromatic carbocycles. The van der Waals surface area contributed by atoms with Crippen LogP contribution in [0.1, 0.15) is 41.0 Å². The number of carboxylic acid groups (broad SMARTS) is 1. The summed E-state index contributed by atoms with van der Waals surface area (Å²) in [7, 11) is 0. The second-order valence-corrected chi connectivity index (χ2v) is 7.09. The van der Waals surface area contributed by atoms with Gasteiger partial charge in [-0.15, -0.1) is 11.8 Å². The summed E-state index contributed by atoms with van der Waals surface area (Å²) >= 11 is 1.56. The Bertz CT molecular complexity index is 360. The van der Waals surface area contributed by atoms with E-state index >= 15 is 0 Å². The van der Waals surface area contributed by atoms with Gasteiger partial charge in [-0.3, -0.25) is 4.90 Å². The zero-order valence-electron chi connectivity index (χ0n) is 13.0. The number of nitrogens with zero attached hydrogens (tertiary/aromatic N) is 2. The van der Waals surface area contributed by atoms with Gasteiger partial charge in [0.15, 0.2) is 0 Å². The van der Waals surface area contributed by atoms with E-state index < -0.39 is 12.0 Å². The molecule has 0 saturated carbocycles. The quantitative estimate of drug-likeness (QED) is 0.848. The van der Waals surface area contributed by atoms with E-state index in [1.54, 1.807) is 21.6 Å². The lowest BCUT2D eigenvalue weighted by Gasteiger charge is -2.36. The minimum absolute atomic E-state index is 0.0305. The van der Waals surface area contributed by atoms with E-state index in [0.29, 0.717) is 18.2 Å². The summed E-state index contributed by atoms with van der Waals surface area (Å²) in [6.45, 7) is 10.7. The van der Waals surface area contributed by atoms with Crippen LogP contribution in [0.2, 0.25) is 0 Å². The molecule has 1 rings (SSSR count). The number of carbonyl (C=O) groups is 2. The number of rotatable bonds is 5. The van der Waals surface area contributed by atoms with Crippen molar-refractivity contribution in [3.05, 3.63) is 0 Å². The standard InChI is InChI=1S/C14H26N2O3S/c1-6-12-16(11(8-20-12)13(17)18)14(19)15(10(4)5)7-9(2)3/h9-12H,6-8H2,1-5H3,(H,17,18). The smallest absolute Gasteiger partial charge is 0.327 e. The van der Waals surface area contributed by atoms with E-state index in [0.717, 1.165) is 6.42 Å². The van der Waals surface area contributed by atoms with Crippen molar-refractivity contribution in [1.82, 2.24) is 9.80 Å². The summed E-state index contributed by atoms with van der Waals surface area (Å²) in [4.78, 5) is 27.5. The second-order valence-electron chi connectivity index (χ2n) is 5.88. The van der Waals surface area contributed by atoms with Crippen molar-refractivity contribution in [2.75, 3.05) is 12.3 Å². The normalized spacial score (nSPS) is 22.6. The van der Waals surface area contributed by atoms with Gasteiger partial charge in [-0.25, -0.2) is 9.59 Å². The van der Waals surface area contributed by atoms with Gasteiger partial charge in [-0.2, -0.15) is 0 Å². The number of hydrogen-bond acceptors (Lipinski definition) is 3. The van der Waals surface area contributed by atoms with Crippen LogP contribution in [-0.4, -0.2) is 56.7 Å². The molecule has 1 heterocycles. The molecule has 20 heavy (non-hydrogen) atoms. The van der Waals surface area contributed by atoms with Crippen molar-refractivity contribution in [2.45, 2.75) is 58.5 Å². The third-order valence-electron chi connectivity index (χ3n) is 3.38. The Morgan fingerprint density at radius 2 is 1.95 bits per heavy atom. The molecule has 1 N–H and O–H groups in total. The van der Waals surface area contributed by atoms with E-state index in [1.165, 1.54) is 0 Å². The molecule has 116 valence electrons. The molecule has 0 spiro atoms. The Hall–Kier alpha value is -0.910. The number of amides is 2. The molecule has 0 radical (unpaired) electrons. The maximum absolute atomic E-state index is 12.8. The number of carbonyl (C=O) groups excluding carboxylic acids is 1. The summed E-state index contributed by atoms with van der Waals surface area (Å²) in [6, 6.07) is -0.772. The third kappa shape index (κ3) is 3.81. The van der Waals surface area contributed by atoms with Crippen molar-refractivity contribution in [2.24, 2.45) is 5.92 Å². The van der Waals surface area contributed by atoms with Gasteiger partial charge in [0.2, 0.25) is 0 Å². The molecule has 2 atom stereocenters. The fraction of sp³-hybridized carbons (Fsp3) is 0.857. The Kier molecular flexibility index (Phi) is 6.17.